The van der Waals surface area contributed by atoms with Gasteiger partial charge in [-0.25, -0.2) is 9.97 Å². The SMILES string of the molecule is Brc1ccc(N2CCN(c3ncccn3)CC2)cc1. The molecular formula is C14H15BrN4. The van der Waals surface area contributed by atoms with Crippen molar-refractivity contribution in [3.05, 3.63) is 47.2 Å². The molecular weight excluding hydrogens is 304 g/mol. The molecule has 0 saturated carbocycles. The standard InChI is InChI=1S/C14H15BrN4/c15-12-2-4-13(5-3-12)18-8-10-19(11-9-18)14-16-6-1-7-17-14/h1-7H,8-11H2. The molecule has 0 aliphatic carbocycles. The van der Waals surface area contributed by atoms with Crippen molar-refractivity contribution in [2.75, 3.05) is 36.0 Å². The van der Waals surface area contributed by atoms with E-state index in [1.165, 1.54) is 5.69 Å². The lowest BCUT2D eigenvalue weighted by atomic mass is 10.2. The summed E-state index contributed by atoms with van der Waals surface area (Å²) < 4.78 is 1.12. The topological polar surface area (TPSA) is 32.3 Å². The summed E-state index contributed by atoms with van der Waals surface area (Å²) in [6, 6.07) is 10.3. The third kappa shape index (κ3) is 2.87. The van der Waals surface area contributed by atoms with E-state index in [0.717, 1.165) is 36.6 Å². The minimum atomic E-state index is 0.831. The van der Waals surface area contributed by atoms with Crippen molar-refractivity contribution in [1.82, 2.24) is 9.97 Å². The summed E-state index contributed by atoms with van der Waals surface area (Å²) in [5.41, 5.74) is 1.27. The highest BCUT2D eigenvalue weighted by Gasteiger charge is 2.18. The lowest BCUT2D eigenvalue weighted by molar-refractivity contribution is 0.640. The van der Waals surface area contributed by atoms with Gasteiger partial charge in [0.15, 0.2) is 0 Å². The van der Waals surface area contributed by atoms with Crippen molar-refractivity contribution in [2.45, 2.75) is 0 Å². The van der Waals surface area contributed by atoms with Gasteiger partial charge in [-0.05, 0) is 30.3 Å². The molecule has 0 spiro atoms. The maximum Gasteiger partial charge on any atom is 0.225 e. The molecule has 1 aromatic carbocycles. The Balaban J connectivity index is 1.65. The monoisotopic (exact) mass is 318 g/mol. The molecule has 3 rings (SSSR count). The summed E-state index contributed by atoms with van der Waals surface area (Å²) in [5.74, 6) is 0.831. The van der Waals surface area contributed by atoms with E-state index in [1.807, 2.05) is 6.07 Å². The van der Waals surface area contributed by atoms with Gasteiger partial charge in [-0.2, -0.15) is 0 Å². The molecule has 0 N–H and O–H groups in total. The van der Waals surface area contributed by atoms with Crippen LogP contribution in [-0.2, 0) is 0 Å². The third-order valence-corrected chi connectivity index (χ3v) is 3.84. The Morgan fingerprint density at radius 1 is 0.842 bits per heavy atom. The number of nitrogens with zero attached hydrogens (tertiary/aromatic N) is 4. The summed E-state index contributed by atoms with van der Waals surface area (Å²) >= 11 is 3.47. The normalized spacial score (nSPS) is 15.6. The van der Waals surface area contributed by atoms with Crippen molar-refractivity contribution in [3.8, 4) is 0 Å². The number of anilines is 2. The van der Waals surface area contributed by atoms with Crippen LogP contribution in [0.3, 0.4) is 0 Å². The van der Waals surface area contributed by atoms with E-state index in [1.54, 1.807) is 12.4 Å². The van der Waals surface area contributed by atoms with E-state index < -0.39 is 0 Å². The molecule has 0 radical (unpaired) electrons. The van der Waals surface area contributed by atoms with Crippen LogP contribution in [0.25, 0.3) is 0 Å². The molecule has 2 aromatic rings. The number of hydrogen-bond donors (Lipinski definition) is 0. The minimum Gasteiger partial charge on any atom is -0.368 e. The van der Waals surface area contributed by atoms with Crippen LogP contribution in [-0.4, -0.2) is 36.1 Å². The number of aromatic nitrogens is 2. The van der Waals surface area contributed by atoms with E-state index in [2.05, 4.69) is 60.0 Å². The Morgan fingerprint density at radius 2 is 1.42 bits per heavy atom. The Kier molecular flexibility index (Phi) is 3.64. The third-order valence-electron chi connectivity index (χ3n) is 3.31. The summed E-state index contributed by atoms with van der Waals surface area (Å²) in [7, 11) is 0. The van der Waals surface area contributed by atoms with Crippen LogP contribution in [0.15, 0.2) is 47.2 Å². The first-order valence-corrected chi connectivity index (χ1v) is 7.15. The molecule has 1 fully saturated rings. The predicted octanol–water partition coefficient (Wildman–Crippen LogP) is 2.57. The highest BCUT2D eigenvalue weighted by molar-refractivity contribution is 9.10. The van der Waals surface area contributed by atoms with Gasteiger partial charge in [0.2, 0.25) is 5.95 Å². The summed E-state index contributed by atoms with van der Waals surface area (Å²) in [4.78, 5) is 13.2. The van der Waals surface area contributed by atoms with Gasteiger partial charge in [0.05, 0.1) is 0 Å². The molecule has 0 atom stereocenters. The van der Waals surface area contributed by atoms with Crippen molar-refractivity contribution >= 4 is 27.6 Å². The van der Waals surface area contributed by atoms with Crippen LogP contribution in [0.5, 0.6) is 0 Å². The molecule has 0 amide bonds. The van der Waals surface area contributed by atoms with E-state index in [9.17, 15) is 0 Å². The number of halogens is 1. The molecule has 2 heterocycles. The Bertz CT molecular complexity index is 521. The highest BCUT2D eigenvalue weighted by Crippen LogP contribution is 2.20. The zero-order chi connectivity index (χ0) is 13.1. The number of hydrogen-bond acceptors (Lipinski definition) is 4. The van der Waals surface area contributed by atoms with Gasteiger partial charge in [0.25, 0.3) is 0 Å². The molecule has 19 heavy (non-hydrogen) atoms. The number of piperazine rings is 1. The van der Waals surface area contributed by atoms with Crippen molar-refractivity contribution < 1.29 is 0 Å². The van der Waals surface area contributed by atoms with E-state index in [4.69, 9.17) is 0 Å². The fourth-order valence-corrected chi connectivity index (χ4v) is 2.54. The van der Waals surface area contributed by atoms with Crippen molar-refractivity contribution in [1.29, 1.82) is 0 Å². The van der Waals surface area contributed by atoms with E-state index in [-0.39, 0.29) is 0 Å². The second kappa shape index (κ2) is 5.57. The molecule has 1 saturated heterocycles. The van der Waals surface area contributed by atoms with Gasteiger partial charge in [0.1, 0.15) is 0 Å². The van der Waals surface area contributed by atoms with Gasteiger partial charge >= 0.3 is 0 Å². The summed E-state index contributed by atoms with van der Waals surface area (Å²) in [6.45, 7) is 3.92. The lowest BCUT2D eigenvalue weighted by Gasteiger charge is -2.36. The van der Waals surface area contributed by atoms with Crippen molar-refractivity contribution in [2.24, 2.45) is 0 Å². The lowest BCUT2D eigenvalue weighted by Crippen LogP contribution is -2.47. The maximum absolute atomic E-state index is 4.30. The van der Waals surface area contributed by atoms with Crippen LogP contribution in [0, 0.1) is 0 Å². The van der Waals surface area contributed by atoms with Gasteiger partial charge in [0, 0.05) is 48.7 Å². The van der Waals surface area contributed by atoms with E-state index >= 15 is 0 Å². The molecule has 0 bridgehead atoms. The zero-order valence-corrected chi connectivity index (χ0v) is 12.1. The van der Waals surface area contributed by atoms with Gasteiger partial charge in [-0.3, -0.25) is 0 Å². The fourth-order valence-electron chi connectivity index (χ4n) is 2.27. The first kappa shape index (κ1) is 12.4. The maximum atomic E-state index is 4.30. The molecule has 0 unspecified atom stereocenters. The molecule has 5 heteroatoms. The van der Waals surface area contributed by atoms with Gasteiger partial charge in [-0.15, -0.1) is 0 Å². The molecule has 1 aromatic heterocycles. The highest BCUT2D eigenvalue weighted by atomic mass is 79.9. The molecule has 1 aliphatic heterocycles. The van der Waals surface area contributed by atoms with Crippen LogP contribution >= 0.6 is 15.9 Å². The zero-order valence-electron chi connectivity index (χ0n) is 10.5. The first-order valence-electron chi connectivity index (χ1n) is 6.35. The Morgan fingerprint density at radius 3 is 2.05 bits per heavy atom. The fraction of sp³-hybridized carbons (Fsp3) is 0.286. The average molecular weight is 319 g/mol. The largest absolute Gasteiger partial charge is 0.368 e. The summed E-state index contributed by atoms with van der Waals surface area (Å²) in [5, 5.41) is 0. The first-order chi connectivity index (χ1) is 9.33. The smallest absolute Gasteiger partial charge is 0.225 e. The molecule has 98 valence electrons. The quantitative estimate of drug-likeness (QED) is 0.852. The molecule has 4 nitrogen and oxygen atoms in total. The van der Waals surface area contributed by atoms with Crippen LogP contribution in [0.4, 0.5) is 11.6 Å². The Hall–Kier alpha value is -1.62. The van der Waals surface area contributed by atoms with Gasteiger partial charge < -0.3 is 9.80 Å². The second-order valence-corrected chi connectivity index (χ2v) is 5.41. The second-order valence-electron chi connectivity index (χ2n) is 4.50. The van der Waals surface area contributed by atoms with E-state index in [0.29, 0.717) is 0 Å². The van der Waals surface area contributed by atoms with Crippen LogP contribution in [0.1, 0.15) is 0 Å². The predicted molar refractivity (Wildman–Crippen MR) is 80.6 cm³/mol. The van der Waals surface area contributed by atoms with Crippen LogP contribution < -0.4 is 9.80 Å². The average Bonchev–Trinajstić information content (AvgIpc) is 2.49. The number of rotatable bonds is 2. The summed E-state index contributed by atoms with van der Waals surface area (Å²) in [6.07, 6.45) is 3.59. The minimum absolute atomic E-state index is 0.831. The Labute approximate surface area is 121 Å². The molecule has 1 aliphatic rings. The van der Waals surface area contributed by atoms with Crippen molar-refractivity contribution in [3.63, 3.8) is 0 Å². The van der Waals surface area contributed by atoms with Crippen LogP contribution in [0.2, 0.25) is 0 Å². The number of benzene rings is 1. The van der Waals surface area contributed by atoms with Gasteiger partial charge in [-0.1, -0.05) is 15.9 Å².